The molecule has 0 aromatic heterocycles. The van der Waals surface area contributed by atoms with E-state index < -0.39 is 5.41 Å². The quantitative estimate of drug-likeness (QED) is 0.747. The molecule has 2 aromatic carbocycles. The van der Waals surface area contributed by atoms with Crippen molar-refractivity contribution in [3.63, 3.8) is 0 Å². The average Bonchev–Trinajstić information content (AvgIpc) is 3.29. The van der Waals surface area contributed by atoms with Crippen LogP contribution < -0.4 is 10.1 Å². The second-order valence-electron chi connectivity index (χ2n) is 8.05. The summed E-state index contributed by atoms with van der Waals surface area (Å²) < 4.78 is 25.8. The molecule has 2 fully saturated rings. The number of nitrogens with one attached hydrogen (secondary N) is 1. The highest BCUT2D eigenvalue weighted by molar-refractivity contribution is 5.99. The van der Waals surface area contributed by atoms with Gasteiger partial charge in [0.1, 0.15) is 18.2 Å². The maximum atomic E-state index is 14.6. The molecular weight excluding hydrogens is 383 g/mol. The number of carbonyl (C=O) groups excluding carboxylic acids is 1. The van der Waals surface area contributed by atoms with Crippen LogP contribution in [-0.2, 0) is 14.9 Å². The topological polar surface area (TPSA) is 50.8 Å². The Morgan fingerprint density at radius 1 is 1.07 bits per heavy atom. The van der Waals surface area contributed by atoms with E-state index in [1.54, 1.807) is 18.2 Å². The third-order valence-electron chi connectivity index (χ3n) is 6.16. The Morgan fingerprint density at radius 2 is 1.77 bits per heavy atom. The number of halogens is 1. The highest BCUT2D eigenvalue weighted by Crippen LogP contribution is 2.37. The van der Waals surface area contributed by atoms with Gasteiger partial charge in [0.2, 0.25) is 5.91 Å². The van der Waals surface area contributed by atoms with E-state index in [1.165, 1.54) is 18.9 Å². The van der Waals surface area contributed by atoms with Crippen molar-refractivity contribution in [1.82, 2.24) is 4.90 Å². The van der Waals surface area contributed by atoms with Crippen molar-refractivity contribution in [1.29, 1.82) is 0 Å². The summed E-state index contributed by atoms with van der Waals surface area (Å²) >= 11 is 0. The average molecular weight is 413 g/mol. The van der Waals surface area contributed by atoms with E-state index in [9.17, 15) is 9.18 Å². The molecule has 30 heavy (non-hydrogen) atoms. The molecule has 0 bridgehead atoms. The van der Waals surface area contributed by atoms with Gasteiger partial charge >= 0.3 is 0 Å². The molecule has 0 saturated carbocycles. The minimum Gasteiger partial charge on any atom is -0.492 e. The van der Waals surface area contributed by atoms with Crippen LogP contribution in [0.4, 0.5) is 10.1 Å². The molecule has 160 valence electrons. The third kappa shape index (κ3) is 4.65. The Kier molecular flexibility index (Phi) is 6.65. The summed E-state index contributed by atoms with van der Waals surface area (Å²) in [4.78, 5) is 15.7. The summed E-state index contributed by atoms with van der Waals surface area (Å²) in [7, 11) is 0. The zero-order chi connectivity index (χ0) is 20.8. The van der Waals surface area contributed by atoms with E-state index >= 15 is 0 Å². The van der Waals surface area contributed by atoms with E-state index in [0.717, 1.165) is 25.4 Å². The van der Waals surface area contributed by atoms with E-state index in [-0.39, 0.29) is 11.7 Å². The second-order valence-corrected chi connectivity index (χ2v) is 8.05. The largest absolute Gasteiger partial charge is 0.492 e. The molecular formula is C24H29FN2O3. The fourth-order valence-electron chi connectivity index (χ4n) is 4.37. The van der Waals surface area contributed by atoms with E-state index in [1.807, 2.05) is 24.3 Å². The second kappa shape index (κ2) is 9.58. The Balaban J connectivity index is 1.40. The van der Waals surface area contributed by atoms with Gasteiger partial charge in [0, 0.05) is 31.0 Å². The third-order valence-corrected chi connectivity index (χ3v) is 6.16. The lowest BCUT2D eigenvalue weighted by atomic mass is 9.73. The summed E-state index contributed by atoms with van der Waals surface area (Å²) in [5.41, 5.74) is 0.191. The van der Waals surface area contributed by atoms with Gasteiger partial charge in [0.25, 0.3) is 0 Å². The van der Waals surface area contributed by atoms with Crippen LogP contribution in [0.15, 0.2) is 48.5 Å². The Labute approximate surface area is 177 Å². The number of likely N-dealkylation sites (tertiary alicyclic amines) is 1. The highest BCUT2D eigenvalue weighted by Gasteiger charge is 2.43. The number of anilines is 1. The molecule has 1 N–H and O–H groups in total. The highest BCUT2D eigenvalue weighted by atomic mass is 19.1. The van der Waals surface area contributed by atoms with Crippen LogP contribution in [0.3, 0.4) is 0 Å². The normalized spacial score (nSPS) is 18.8. The summed E-state index contributed by atoms with van der Waals surface area (Å²) in [5, 5.41) is 2.98. The molecule has 1 amide bonds. The lowest BCUT2D eigenvalue weighted by Gasteiger charge is -2.36. The molecule has 0 unspecified atom stereocenters. The van der Waals surface area contributed by atoms with Gasteiger partial charge in [-0.1, -0.05) is 18.2 Å². The van der Waals surface area contributed by atoms with Gasteiger partial charge in [-0.15, -0.1) is 0 Å². The van der Waals surface area contributed by atoms with Crippen LogP contribution >= 0.6 is 0 Å². The number of carbonyl (C=O) groups is 1. The molecule has 2 heterocycles. The van der Waals surface area contributed by atoms with Crippen molar-refractivity contribution >= 4 is 11.6 Å². The molecule has 2 aliphatic rings. The number of ether oxygens (including phenoxy) is 2. The number of rotatable bonds is 7. The first kappa shape index (κ1) is 20.8. The van der Waals surface area contributed by atoms with E-state index in [2.05, 4.69) is 10.2 Å². The minimum absolute atomic E-state index is 0.196. The molecule has 5 nitrogen and oxygen atoms in total. The summed E-state index contributed by atoms with van der Waals surface area (Å²) in [6, 6.07) is 13.9. The minimum atomic E-state index is -0.922. The number of hydrogen-bond acceptors (Lipinski definition) is 4. The first-order valence-electron chi connectivity index (χ1n) is 10.8. The van der Waals surface area contributed by atoms with Crippen molar-refractivity contribution in [2.45, 2.75) is 31.1 Å². The standard InChI is InChI=1S/C24H29FN2O3/c25-22-6-2-1-5-21(22)24(11-16-29-17-12-24)23(28)26-19-7-9-20(10-8-19)30-18-15-27-13-3-4-14-27/h1-2,5-10H,3-4,11-18H2,(H,26,28). The van der Waals surface area contributed by atoms with Crippen LogP contribution in [0.5, 0.6) is 5.75 Å². The van der Waals surface area contributed by atoms with Crippen LogP contribution in [-0.4, -0.2) is 50.3 Å². The Morgan fingerprint density at radius 3 is 2.47 bits per heavy atom. The van der Waals surface area contributed by atoms with Gasteiger partial charge < -0.3 is 14.8 Å². The van der Waals surface area contributed by atoms with Gasteiger partial charge in [-0.2, -0.15) is 0 Å². The first-order chi connectivity index (χ1) is 14.7. The molecule has 0 spiro atoms. The van der Waals surface area contributed by atoms with Crippen LogP contribution in [0.25, 0.3) is 0 Å². The molecule has 2 aliphatic heterocycles. The van der Waals surface area contributed by atoms with E-state index in [4.69, 9.17) is 9.47 Å². The van der Waals surface area contributed by atoms with Crippen LogP contribution in [0, 0.1) is 5.82 Å². The van der Waals surface area contributed by atoms with Crippen LogP contribution in [0.2, 0.25) is 0 Å². The molecule has 0 atom stereocenters. The van der Waals surface area contributed by atoms with Crippen molar-refractivity contribution in [2.75, 3.05) is 44.8 Å². The SMILES string of the molecule is O=C(Nc1ccc(OCCN2CCCC2)cc1)C1(c2ccccc2F)CCOCC1. The van der Waals surface area contributed by atoms with Gasteiger partial charge in [-0.25, -0.2) is 4.39 Å². The number of hydrogen-bond donors (Lipinski definition) is 1. The molecule has 0 radical (unpaired) electrons. The first-order valence-corrected chi connectivity index (χ1v) is 10.8. The number of benzene rings is 2. The predicted molar refractivity (Wildman–Crippen MR) is 114 cm³/mol. The zero-order valence-electron chi connectivity index (χ0n) is 17.2. The molecule has 4 rings (SSSR count). The van der Waals surface area contributed by atoms with Crippen molar-refractivity contribution < 1.29 is 18.7 Å². The van der Waals surface area contributed by atoms with Gasteiger partial charge in [-0.3, -0.25) is 9.69 Å². The van der Waals surface area contributed by atoms with Gasteiger partial charge in [0.05, 0.1) is 5.41 Å². The lowest BCUT2D eigenvalue weighted by Crippen LogP contribution is -2.45. The van der Waals surface area contributed by atoms with Crippen LogP contribution in [0.1, 0.15) is 31.2 Å². The molecule has 0 aliphatic carbocycles. The molecule has 6 heteroatoms. The zero-order valence-corrected chi connectivity index (χ0v) is 17.2. The smallest absolute Gasteiger partial charge is 0.235 e. The van der Waals surface area contributed by atoms with E-state index in [0.29, 0.717) is 43.9 Å². The Bertz CT molecular complexity index is 844. The molecule has 2 aromatic rings. The fraction of sp³-hybridized carbons (Fsp3) is 0.458. The maximum Gasteiger partial charge on any atom is 0.235 e. The number of nitrogens with zero attached hydrogens (tertiary/aromatic N) is 1. The maximum absolute atomic E-state index is 14.6. The monoisotopic (exact) mass is 412 g/mol. The predicted octanol–water partition coefficient (Wildman–Crippen LogP) is 3.99. The lowest BCUT2D eigenvalue weighted by molar-refractivity contribution is -0.125. The summed E-state index contributed by atoms with van der Waals surface area (Å²) in [6.45, 7) is 4.77. The van der Waals surface area contributed by atoms with Crippen molar-refractivity contribution in [3.8, 4) is 5.75 Å². The van der Waals surface area contributed by atoms with Crippen molar-refractivity contribution in [2.24, 2.45) is 0 Å². The fourth-order valence-corrected chi connectivity index (χ4v) is 4.37. The van der Waals surface area contributed by atoms with Gasteiger partial charge in [0.15, 0.2) is 0 Å². The van der Waals surface area contributed by atoms with Gasteiger partial charge in [-0.05, 0) is 69.1 Å². The number of amides is 1. The Hall–Kier alpha value is -2.44. The summed E-state index contributed by atoms with van der Waals surface area (Å²) in [6.07, 6.45) is 3.46. The molecule has 2 saturated heterocycles. The van der Waals surface area contributed by atoms with Crippen molar-refractivity contribution in [3.05, 3.63) is 59.9 Å². The summed E-state index contributed by atoms with van der Waals surface area (Å²) in [5.74, 6) is 0.233.